The summed E-state index contributed by atoms with van der Waals surface area (Å²) >= 11 is 0. The summed E-state index contributed by atoms with van der Waals surface area (Å²) in [5.41, 5.74) is 7.12. The van der Waals surface area contributed by atoms with E-state index >= 15 is 0 Å². The molecule has 1 aliphatic heterocycles. The first-order valence-corrected chi connectivity index (χ1v) is 25.8. The number of rotatable bonds is 37. The average Bonchev–Trinajstić information content (AvgIpc) is 3.27. The van der Waals surface area contributed by atoms with Crippen LogP contribution in [-0.4, -0.2) is 92.8 Å². The number of unbranched alkanes of at least 4 members (excludes halogenated alkanes) is 25. The van der Waals surface area contributed by atoms with Crippen molar-refractivity contribution in [2.24, 2.45) is 11.7 Å². The van der Waals surface area contributed by atoms with Crippen LogP contribution in [0.4, 0.5) is 4.79 Å². The SMILES string of the molecule is CCCCCCCCCCCCCCCCCCN(C(=O)CCCCCCCCCCCCC)[C@@H]1O[C@H](CO)[C@H](O)[C@H](O)[C@H]1N(C(=O)OCc1ccccc1)C(=O)[C@@H](N)CC(C)C. The summed E-state index contributed by atoms with van der Waals surface area (Å²) in [6.45, 7) is 7.78. The van der Waals surface area contributed by atoms with Crippen LogP contribution in [0.25, 0.3) is 0 Å². The van der Waals surface area contributed by atoms with Gasteiger partial charge in [-0.25, -0.2) is 9.69 Å². The van der Waals surface area contributed by atoms with Gasteiger partial charge in [0.15, 0.2) is 6.23 Å². The van der Waals surface area contributed by atoms with Crippen molar-refractivity contribution in [1.82, 2.24) is 9.80 Å². The van der Waals surface area contributed by atoms with E-state index in [2.05, 4.69) is 13.8 Å². The first kappa shape index (κ1) is 56.6. The summed E-state index contributed by atoms with van der Waals surface area (Å²) in [5.74, 6) is -1.01. The Morgan fingerprint density at radius 1 is 0.667 bits per heavy atom. The molecule has 0 aromatic heterocycles. The Morgan fingerprint density at radius 3 is 1.56 bits per heavy atom. The highest BCUT2D eigenvalue weighted by Crippen LogP contribution is 2.31. The molecular formula is C52H93N3O8. The Morgan fingerprint density at radius 2 is 1.11 bits per heavy atom. The summed E-state index contributed by atoms with van der Waals surface area (Å²) in [7, 11) is 0. The fourth-order valence-electron chi connectivity index (χ4n) is 8.86. The van der Waals surface area contributed by atoms with Gasteiger partial charge in [0, 0.05) is 13.0 Å². The zero-order valence-electron chi connectivity index (χ0n) is 40.4. The molecule has 5 N–H and O–H groups in total. The molecule has 6 atom stereocenters. The van der Waals surface area contributed by atoms with Crippen molar-refractivity contribution < 1.29 is 39.2 Å². The minimum absolute atomic E-state index is 0.0117. The number of carbonyl (C=O) groups is 3. The van der Waals surface area contributed by atoms with Crippen LogP contribution < -0.4 is 5.73 Å². The fourth-order valence-corrected chi connectivity index (χ4v) is 8.86. The molecule has 1 aliphatic rings. The van der Waals surface area contributed by atoms with Gasteiger partial charge in [-0.15, -0.1) is 0 Å². The second-order valence-corrected chi connectivity index (χ2v) is 18.9. The number of nitrogens with zero attached hydrogens (tertiary/aromatic N) is 2. The number of ether oxygens (including phenoxy) is 2. The van der Waals surface area contributed by atoms with Crippen molar-refractivity contribution in [3.63, 3.8) is 0 Å². The largest absolute Gasteiger partial charge is 0.444 e. The summed E-state index contributed by atoms with van der Waals surface area (Å²) in [6, 6.07) is 6.36. The summed E-state index contributed by atoms with van der Waals surface area (Å²) in [5, 5.41) is 33.4. The minimum atomic E-state index is -1.76. The van der Waals surface area contributed by atoms with Crippen LogP contribution in [0.5, 0.6) is 0 Å². The molecule has 11 nitrogen and oxygen atoms in total. The molecule has 1 fully saturated rings. The number of benzene rings is 1. The molecule has 0 saturated carbocycles. The lowest BCUT2D eigenvalue weighted by molar-refractivity contribution is -0.245. The van der Waals surface area contributed by atoms with Crippen molar-refractivity contribution in [1.29, 1.82) is 0 Å². The quantitative estimate of drug-likeness (QED) is 0.0476. The van der Waals surface area contributed by atoms with Crippen molar-refractivity contribution in [3.05, 3.63) is 35.9 Å². The smallest absolute Gasteiger partial charge is 0.417 e. The zero-order chi connectivity index (χ0) is 46.1. The maximum Gasteiger partial charge on any atom is 0.417 e. The molecule has 1 heterocycles. The van der Waals surface area contributed by atoms with Crippen molar-refractivity contribution in [2.75, 3.05) is 13.2 Å². The molecule has 11 heteroatoms. The predicted molar refractivity (Wildman–Crippen MR) is 255 cm³/mol. The highest BCUT2D eigenvalue weighted by molar-refractivity contribution is 5.95. The number of aliphatic hydroxyl groups is 3. The highest BCUT2D eigenvalue weighted by atomic mass is 16.6. The number of amides is 3. The van der Waals surface area contributed by atoms with Gasteiger partial charge in [-0.2, -0.15) is 0 Å². The Kier molecular flexibility index (Phi) is 32.0. The van der Waals surface area contributed by atoms with E-state index in [0.717, 1.165) is 43.4 Å². The second kappa shape index (κ2) is 35.7. The van der Waals surface area contributed by atoms with Gasteiger partial charge in [0.25, 0.3) is 0 Å². The summed E-state index contributed by atoms with van der Waals surface area (Å²) in [6.07, 6.45) is 25.3. The van der Waals surface area contributed by atoms with Gasteiger partial charge >= 0.3 is 6.09 Å². The molecule has 2 rings (SSSR count). The first-order chi connectivity index (χ1) is 30.6. The molecule has 0 radical (unpaired) electrons. The molecule has 1 aromatic carbocycles. The van der Waals surface area contributed by atoms with Gasteiger partial charge in [-0.05, 0) is 30.7 Å². The highest BCUT2D eigenvalue weighted by Gasteiger charge is 2.53. The maximum atomic E-state index is 14.4. The maximum absolute atomic E-state index is 14.4. The molecule has 0 aliphatic carbocycles. The molecule has 63 heavy (non-hydrogen) atoms. The number of aliphatic hydroxyl groups excluding tert-OH is 3. The molecular weight excluding hydrogens is 795 g/mol. The van der Waals surface area contributed by atoms with Gasteiger partial charge < -0.3 is 35.4 Å². The van der Waals surface area contributed by atoms with Gasteiger partial charge in [0.05, 0.1) is 12.6 Å². The Balaban J connectivity index is 2.19. The summed E-state index contributed by atoms with van der Waals surface area (Å²) < 4.78 is 12.0. The Hall–Kier alpha value is -2.57. The normalized spacial score (nSPS) is 19.3. The van der Waals surface area contributed by atoms with E-state index in [1.807, 2.05) is 32.0 Å². The van der Waals surface area contributed by atoms with E-state index in [-0.39, 0.29) is 37.8 Å². The number of hydrogen-bond donors (Lipinski definition) is 4. The number of imide groups is 1. The van der Waals surface area contributed by atoms with E-state index in [9.17, 15) is 29.7 Å². The molecule has 1 saturated heterocycles. The van der Waals surface area contributed by atoms with Crippen LogP contribution in [0, 0.1) is 5.92 Å². The van der Waals surface area contributed by atoms with Gasteiger partial charge in [0.1, 0.15) is 31.0 Å². The molecule has 0 bridgehead atoms. The van der Waals surface area contributed by atoms with Gasteiger partial charge in [0.2, 0.25) is 11.8 Å². The molecule has 0 spiro atoms. The van der Waals surface area contributed by atoms with E-state index in [1.165, 1.54) is 127 Å². The Labute approximate surface area is 383 Å². The number of carbonyl (C=O) groups excluding carboxylic acids is 3. The van der Waals surface area contributed by atoms with Crippen molar-refractivity contribution in [2.45, 2.75) is 257 Å². The van der Waals surface area contributed by atoms with Crippen LogP contribution in [0.3, 0.4) is 0 Å². The first-order valence-electron chi connectivity index (χ1n) is 25.8. The monoisotopic (exact) mass is 888 g/mol. The topological polar surface area (TPSA) is 163 Å². The summed E-state index contributed by atoms with van der Waals surface area (Å²) in [4.78, 5) is 45.1. The zero-order valence-corrected chi connectivity index (χ0v) is 40.4. The van der Waals surface area contributed by atoms with Crippen molar-refractivity contribution >= 4 is 17.9 Å². The van der Waals surface area contributed by atoms with Crippen LogP contribution in [0.1, 0.15) is 219 Å². The van der Waals surface area contributed by atoms with Crippen LogP contribution in [0.2, 0.25) is 0 Å². The molecule has 3 amide bonds. The molecule has 1 aromatic rings. The van der Waals surface area contributed by atoms with Crippen LogP contribution in [0.15, 0.2) is 30.3 Å². The van der Waals surface area contributed by atoms with E-state index < -0.39 is 55.2 Å². The lowest BCUT2D eigenvalue weighted by Crippen LogP contribution is -2.71. The van der Waals surface area contributed by atoms with Crippen LogP contribution in [-0.2, 0) is 25.7 Å². The average molecular weight is 888 g/mol. The molecule has 364 valence electrons. The standard InChI is InChI=1S/C52H93N3O8/c1-5-7-9-11-13-15-17-18-19-20-21-23-25-27-29-34-38-54(46(57)37-33-28-26-24-22-16-14-12-10-8-6-2)51-47(49(59)48(58)45(40-56)63-51)55(50(60)44(53)39-42(3)4)52(61)62-41-43-35-31-30-32-36-43/h30-32,35-36,42,44-45,47-49,51,56,58-59H,5-29,33-34,37-41,53H2,1-4H3/t44-,45+,47+,48-,49+,51+/m0/s1. The third kappa shape index (κ3) is 23.4. The minimum Gasteiger partial charge on any atom is -0.444 e. The second-order valence-electron chi connectivity index (χ2n) is 18.9. The lowest BCUT2D eigenvalue weighted by atomic mass is 9.92. The van der Waals surface area contributed by atoms with Gasteiger partial charge in [-0.1, -0.05) is 219 Å². The third-order valence-corrected chi connectivity index (χ3v) is 12.7. The molecule has 0 unspecified atom stereocenters. The third-order valence-electron chi connectivity index (χ3n) is 12.7. The van der Waals surface area contributed by atoms with Crippen LogP contribution >= 0.6 is 0 Å². The van der Waals surface area contributed by atoms with E-state index in [4.69, 9.17) is 15.2 Å². The van der Waals surface area contributed by atoms with E-state index in [1.54, 1.807) is 12.1 Å². The fraction of sp³-hybridized carbons (Fsp3) is 0.827. The Bertz CT molecular complexity index is 1300. The van der Waals surface area contributed by atoms with Gasteiger partial charge in [-0.3, -0.25) is 9.59 Å². The predicted octanol–water partition coefficient (Wildman–Crippen LogP) is 11.1. The number of nitrogens with two attached hydrogens (primary N) is 1. The lowest BCUT2D eigenvalue weighted by Gasteiger charge is -2.49. The number of hydrogen-bond acceptors (Lipinski definition) is 9. The van der Waals surface area contributed by atoms with Crippen molar-refractivity contribution in [3.8, 4) is 0 Å². The van der Waals surface area contributed by atoms with E-state index in [0.29, 0.717) is 18.4 Å².